The number of unbranched alkanes of at least 4 members (excludes halogenated alkanes) is 2. The number of nitrogens with two attached hydrogens (primary N) is 1. The highest BCUT2D eigenvalue weighted by atomic mass is 16.6. The van der Waals surface area contributed by atoms with Gasteiger partial charge in [-0.15, -0.1) is 0 Å². The lowest BCUT2D eigenvalue weighted by Crippen LogP contribution is -2.51. The highest BCUT2D eigenvalue weighted by molar-refractivity contribution is 5.96. The van der Waals surface area contributed by atoms with Gasteiger partial charge in [0.05, 0.1) is 13.7 Å². The second-order valence-electron chi connectivity index (χ2n) is 11.5. The quantitative estimate of drug-likeness (QED) is 0.0822. The molecule has 2 atom stereocenters. The molecule has 0 aliphatic heterocycles. The number of ether oxygens (including phenoxy) is 2. The number of hydrogen-bond acceptors (Lipinski definition) is 9. The summed E-state index contributed by atoms with van der Waals surface area (Å²) in [6.07, 6.45) is 3.42. The molecule has 0 aromatic heterocycles. The van der Waals surface area contributed by atoms with Crippen LogP contribution in [0.5, 0.6) is 0 Å². The number of esters is 1. The van der Waals surface area contributed by atoms with Crippen LogP contribution in [0.15, 0.2) is 36.4 Å². The molecule has 260 valence electrons. The molecular weight excluding hydrogens is 612 g/mol. The van der Waals surface area contributed by atoms with E-state index in [-0.39, 0.29) is 37.3 Å². The summed E-state index contributed by atoms with van der Waals surface area (Å²) in [4.78, 5) is 85.4. The molecule has 6 amide bonds. The average Bonchev–Trinajstić information content (AvgIpc) is 3.01. The molecule has 15 nitrogen and oxygen atoms in total. The SMILES string of the molecule is COC(=O)/C=C\C(=O)NCCCCCC(=O)NC(C(=O)NCC(=O)Nc1ccc(COC(=O)N(C)C(C(N)=O)C(C)C)cc1)C(C)C. The van der Waals surface area contributed by atoms with E-state index in [0.717, 1.165) is 17.1 Å². The summed E-state index contributed by atoms with van der Waals surface area (Å²) in [7, 11) is 2.66. The normalized spacial score (nSPS) is 12.2. The minimum atomic E-state index is -0.837. The number of rotatable bonds is 19. The van der Waals surface area contributed by atoms with Crippen molar-refractivity contribution in [2.45, 2.75) is 72.1 Å². The molecular formula is C32H48N6O9. The summed E-state index contributed by atoms with van der Waals surface area (Å²) < 4.78 is 9.68. The number of anilines is 1. The first-order chi connectivity index (χ1) is 22.2. The Hall–Kier alpha value is -4.95. The third-order valence-electron chi connectivity index (χ3n) is 6.87. The number of nitrogens with one attached hydrogen (secondary N) is 4. The third-order valence-corrected chi connectivity index (χ3v) is 6.87. The third kappa shape index (κ3) is 15.7. The zero-order valence-electron chi connectivity index (χ0n) is 27.9. The molecule has 0 aliphatic carbocycles. The molecule has 15 heteroatoms. The van der Waals surface area contributed by atoms with Crippen molar-refractivity contribution in [3.05, 3.63) is 42.0 Å². The number of benzene rings is 1. The smallest absolute Gasteiger partial charge is 0.410 e. The lowest BCUT2D eigenvalue weighted by atomic mass is 10.0. The minimum Gasteiger partial charge on any atom is -0.466 e. The van der Waals surface area contributed by atoms with Crippen molar-refractivity contribution in [1.82, 2.24) is 20.9 Å². The molecule has 6 N–H and O–H groups in total. The van der Waals surface area contributed by atoms with Crippen LogP contribution < -0.4 is 27.0 Å². The van der Waals surface area contributed by atoms with Gasteiger partial charge < -0.3 is 36.5 Å². The Balaban J connectivity index is 2.44. The van der Waals surface area contributed by atoms with Crippen molar-refractivity contribution >= 4 is 47.3 Å². The van der Waals surface area contributed by atoms with Crippen molar-refractivity contribution in [2.24, 2.45) is 17.6 Å². The molecule has 0 saturated heterocycles. The molecule has 0 saturated carbocycles. The summed E-state index contributed by atoms with van der Waals surface area (Å²) in [5, 5.41) is 10.6. The highest BCUT2D eigenvalue weighted by Crippen LogP contribution is 2.14. The Kier molecular flexibility index (Phi) is 17.9. The highest BCUT2D eigenvalue weighted by Gasteiger charge is 2.29. The minimum absolute atomic E-state index is 0.0604. The van der Waals surface area contributed by atoms with Crippen LogP contribution in [0.3, 0.4) is 0 Å². The number of carbonyl (C=O) groups is 7. The van der Waals surface area contributed by atoms with Crippen LogP contribution >= 0.6 is 0 Å². The van der Waals surface area contributed by atoms with Gasteiger partial charge >= 0.3 is 12.1 Å². The van der Waals surface area contributed by atoms with Crippen LogP contribution in [0.2, 0.25) is 0 Å². The van der Waals surface area contributed by atoms with Crippen molar-refractivity contribution in [3.63, 3.8) is 0 Å². The molecule has 0 aliphatic rings. The van der Waals surface area contributed by atoms with E-state index in [2.05, 4.69) is 26.0 Å². The molecule has 1 rings (SSSR count). The van der Waals surface area contributed by atoms with Gasteiger partial charge in [-0.1, -0.05) is 46.2 Å². The van der Waals surface area contributed by atoms with E-state index < -0.39 is 47.8 Å². The Morgan fingerprint density at radius 2 is 1.53 bits per heavy atom. The zero-order chi connectivity index (χ0) is 35.5. The van der Waals surface area contributed by atoms with E-state index in [1.807, 2.05) is 0 Å². The average molecular weight is 661 g/mol. The predicted octanol–water partition coefficient (Wildman–Crippen LogP) is 1.37. The molecule has 0 heterocycles. The fraction of sp³-hybridized carbons (Fsp3) is 0.531. The number of amides is 6. The summed E-state index contributed by atoms with van der Waals surface area (Å²) in [5.74, 6) is -3.38. The van der Waals surface area contributed by atoms with Gasteiger partial charge in [-0.3, -0.25) is 28.9 Å². The van der Waals surface area contributed by atoms with Gasteiger partial charge in [-0.25, -0.2) is 9.59 Å². The number of likely N-dealkylation sites (N-methyl/N-ethyl adjacent to an activating group) is 1. The number of nitrogens with zero attached hydrogens (tertiary/aromatic N) is 1. The van der Waals surface area contributed by atoms with Gasteiger partial charge in [0.1, 0.15) is 18.7 Å². The number of carbonyl (C=O) groups excluding carboxylic acids is 7. The topological polar surface area (TPSA) is 215 Å². The van der Waals surface area contributed by atoms with Crippen molar-refractivity contribution in [1.29, 1.82) is 0 Å². The lowest BCUT2D eigenvalue weighted by molar-refractivity contribution is -0.135. The summed E-state index contributed by atoms with van der Waals surface area (Å²) >= 11 is 0. The van der Waals surface area contributed by atoms with Gasteiger partial charge in [0.25, 0.3) is 0 Å². The van der Waals surface area contributed by atoms with Crippen molar-refractivity contribution < 1.29 is 43.0 Å². The van der Waals surface area contributed by atoms with Crippen LogP contribution in [0.4, 0.5) is 10.5 Å². The maximum Gasteiger partial charge on any atom is 0.410 e. The first kappa shape index (κ1) is 40.1. The van der Waals surface area contributed by atoms with Gasteiger partial charge in [-0.05, 0) is 42.4 Å². The molecule has 1 aromatic rings. The van der Waals surface area contributed by atoms with E-state index >= 15 is 0 Å². The molecule has 2 unspecified atom stereocenters. The van der Waals surface area contributed by atoms with Gasteiger partial charge in [0, 0.05) is 37.9 Å². The van der Waals surface area contributed by atoms with Crippen molar-refractivity contribution in [2.75, 3.05) is 32.6 Å². The fourth-order valence-corrected chi connectivity index (χ4v) is 4.34. The van der Waals surface area contributed by atoms with E-state index in [1.165, 1.54) is 14.2 Å². The lowest BCUT2D eigenvalue weighted by Gasteiger charge is -2.27. The number of methoxy groups -OCH3 is 1. The fourth-order valence-electron chi connectivity index (χ4n) is 4.34. The molecule has 0 fully saturated rings. The Morgan fingerprint density at radius 3 is 2.11 bits per heavy atom. The summed E-state index contributed by atoms with van der Waals surface area (Å²) in [6.45, 7) is 7.10. The van der Waals surface area contributed by atoms with E-state index in [4.69, 9.17) is 10.5 Å². The largest absolute Gasteiger partial charge is 0.466 e. The number of primary amides is 1. The standard InChI is InChI=1S/C32H48N6O9/c1-20(2)28(37-25(40)10-8-7-9-17-34-24(39)15-16-27(42)46-6)31(44)35-18-26(41)36-23-13-11-22(12-14-23)19-47-32(45)38(5)29(21(3)4)30(33)43/h11-16,20-21,28-29H,7-10,17-19H2,1-6H3,(H2,33,43)(H,34,39)(H,35,44)(H,36,41)(H,37,40)/b16-15-. The molecule has 0 radical (unpaired) electrons. The van der Waals surface area contributed by atoms with Crippen molar-refractivity contribution in [3.8, 4) is 0 Å². The van der Waals surface area contributed by atoms with Crippen LogP contribution in [0.1, 0.15) is 58.9 Å². The molecule has 0 bridgehead atoms. The number of hydrogen-bond donors (Lipinski definition) is 5. The maximum absolute atomic E-state index is 12.8. The van der Waals surface area contributed by atoms with Crippen LogP contribution in [-0.2, 0) is 44.8 Å². The second kappa shape index (κ2) is 21.0. The Bertz CT molecular complexity index is 1260. The first-order valence-corrected chi connectivity index (χ1v) is 15.3. The van der Waals surface area contributed by atoms with E-state index in [1.54, 1.807) is 52.0 Å². The molecule has 0 spiro atoms. The van der Waals surface area contributed by atoms with Crippen LogP contribution in [0.25, 0.3) is 0 Å². The Morgan fingerprint density at radius 1 is 0.872 bits per heavy atom. The zero-order valence-corrected chi connectivity index (χ0v) is 27.9. The second-order valence-corrected chi connectivity index (χ2v) is 11.5. The first-order valence-electron chi connectivity index (χ1n) is 15.3. The van der Waals surface area contributed by atoms with Gasteiger partial charge in [0.15, 0.2) is 0 Å². The van der Waals surface area contributed by atoms with Crippen LogP contribution in [0, 0.1) is 11.8 Å². The maximum atomic E-state index is 12.8. The van der Waals surface area contributed by atoms with E-state index in [0.29, 0.717) is 37.1 Å². The van der Waals surface area contributed by atoms with Gasteiger partial charge in [0.2, 0.25) is 29.5 Å². The predicted molar refractivity (Wildman–Crippen MR) is 173 cm³/mol. The Labute approximate surface area is 275 Å². The molecule has 1 aromatic carbocycles. The monoisotopic (exact) mass is 660 g/mol. The summed E-state index contributed by atoms with van der Waals surface area (Å²) in [6, 6.07) is 4.89. The molecule has 47 heavy (non-hydrogen) atoms. The van der Waals surface area contributed by atoms with E-state index in [9.17, 15) is 33.6 Å². The summed E-state index contributed by atoms with van der Waals surface area (Å²) in [5.41, 5.74) is 6.49. The van der Waals surface area contributed by atoms with Crippen LogP contribution in [-0.4, -0.2) is 85.8 Å². The van der Waals surface area contributed by atoms with Gasteiger partial charge in [-0.2, -0.15) is 0 Å².